The molecule has 0 saturated carbocycles. The van der Waals surface area contributed by atoms with Gasteiger partial charge in [0, 0.05) is 10.0 Å². The van der Waals surface area contributed by atoms with Crippen LogP contribution >= 0.6 is 15.9 Å². The highest BCUT2D eigenvalue weighted by Crippen LogP contribution is 2.26. The Kier molecular flexibility index (Phi) is 5.65. The average molecular weight is 351 g/mol. The van der Waals surface area contributed by atoms with E-state index in [1.54, 1.807) is 6.92 Å². The number of aliphatic hydroxyl groups is 1. The zero-order chi connectivity index (χ0) is 15.2. The van der Waals surface area contributed by atoms with Gasteiger partial charge in [-0.25, -0.2) is 0 Å². The fraction of sp³-hybridized carbons (Fsp3) is 0.294. The summed E-state index contributed by atoms with van der Waals surface area (Å²) in [4.78, 5) is 0. The van der Waals surface area contributed by atoms with E-state index in [1.165, 1.54) is 0 Å². The van der Waals surface area contributed by atoms with E-state index in [4.69, 9.17) is 9.47 Å². The number of aryl methyl sites for hydroxylation is 1. The first kappa shape index (κ1) is 15.9. The summed E-state index contributed by atoms with van der Waals surface area (Å²) in [6.45, 7) is 4.60. The Bertz CT molecular complexity index is 596. The third-order valence-corrected chi connectivity index (χ3v) is 3.51. The molecule has 0 aliphatic rings. The Morgan fingerprint density at radius 2 is 1.86 bits per heavy atom. The number of halogens is 1. The molecule has 2 aromatic carbocycles. The van der Waals surface area contributed by atoms with Gasteiger partial charge in [-0.1, -0.05) is 33.6 Å². The van der Waals surface area contributed by atoms with Crippen LogP contribution in [0.4, 0.5) is 0 Å². The smallest absolute Gasteiger partial charge is 0.125 e. The van der Waals surface area contributed by atoms with Crippen LogP contribution in [-0.4, -0.2) is 18.3 Å². The van der Waals surface area contributed by atoms with Crippen LogP contribution in [0.2, 0.25) is 0 Å². The second kappa shape index (κ2) is 7.48. The van der Waals surface area contributed by atoms with Gasteiger partial charge in [0.25, 0.3) is 0 Å². The molecule has 0 fully saturated rings. The highest BCUT2D eigenvalue weighted by molar-refractivity contribution is 9.10. The summed E-state index contributed by atoms with van der Waals surface area (Å²) in [7, 11) is 0. The van der Waals surface area contributed by atoms with Crippen molar-refractivity contribution >= 4 is 15.9 Å². The van der Waals surface area contributed by atoms with Crippen LogP contribution in [-0.2, 0) is 0 Å². The summed E-state index contributed by atoms with van der Waals surface area (Å²) in [5, 5.41) is 9.78. The molecule has 3 nitrogen and oxygen atoms in total. The second-order valence-electron chi connectivity index (χ2n) is 4.87. The summed E-state index contributed by atoms with van der Waals surface area (Å²) in [6.07, 6.45) is -0.550. The molecular formula is C17H19BrO3. The van der Waals surface area contributed by atoms with E-state index in [0.29, 0.717) is 19.0 Å². The Morgan fingerprint density at radius 3 is 2.57 bits per heavy atom. The fourth-order valence-electron chi connectivity index (χ4n) is 1.99. The fourth-order valence-corrected chi connectivity index (χ4v) is 2.37. The zero-order valence-corrected chi connectivity index (χ0v) is 13.8. The molecule has 0 heterocycles. The molecule has 1 unspecified atom stereocenters. The van der Waals surface area contributed by atoms with E-state index >= 15 is 0 Å². The first-order chi connectivity index (χ1) is 10.1. The van der Waals surface area contributed by atoms with Gasteiger partial charge in [-0.2, -0.15) is 0 Å². The predicted molar refractivity (Wildman–Crippen MR) is 86.9 cm³/mol. The second-order valence-corrected chi connectivity index (χ2v) is 5.79. The topological polar surface area (TPSA) is 38.7 Å². The van der Waals surface area contributed by atoms with Crippen LogP contribution in [0.15, 0.2) is 46.9 Å². The van der Waals surface area contributed by atoms with Gasteiger partial charge in [0.2, 0.25) is 0 Å². The van der Waals surface area contributed by atoms with Crippen molar-refractivity contribution in [1.29, 1.82) is 0 Å². The monoisotopic (exact) mass is 350 g/mol. The molecule has 2 rings (SSSR count). The van der Waals surface area contributed by atoms with Gasteiger partial charge < -0.3 is 14.6 Å². The molecule has 0 bridgehead atoms. The normalized spacial score (nSPS) is 12.0. The Labute approximate surface area is 133 Å². The molecule has 1 atom stereocenters. The standard InChI is InChI=1S/C17H19BrO3/c1-12-6-7-17(16(10-12)13(2)19)21-9-8-20-15-5-3-4-14(18)11-15/h3-7,10-11,13,19H,8-9H2,1-2H3. The number of benzene rings is 2. The van der Waals surface area contributed by atoms with Gasteiger partial charge >= 0.3 is 0 Å². The van der Waals surface area contributed by atoms with Crippen molar-refractivity contribution in [2.24, 2.45) is 0 Å². The average Bonchev–Trinajstić information content (AvgIpc) is 2.44. The molecule has 0 aliphatic carbocycles. The van der Waals surface area contributed by atoms with Crippen LogP contribution in [0.3, 0.4) is 0 Å². The molecule has 0 saturated heterocycles. The lowest BCUT2D eigenvalue weighted by Crippen LogP contribution is -2.10. The number of hydrogen-bond acceptors (Lipinski definition) is 3. The molecule has 0 aliphatic heterocycles. The van der Waals surface area contributed by atoms with Crippen molar-refractivity contribution in [3.05, 3.63) is 58.1 Å². The summed E-state index contributed by atoms with van der Waals surface area (Å²) in [6, 6.07) is 13.5. The van der Waals surface area contributed by atoms with Crippen LogP contribution in [0.25, 0.3) is 0 Å². The van der Waals surface area contributed by atoms with E-state index in [-0.39, 0.29) is 0 Å². The predicted octanol–water partition coefficient (Wildman–Crippen LogP) is 4.27. The molecule has 4 heteroatoms. The third-order valence-electron chi connectivity index (χ3n) is 3.02. The van der Waals surface area contributed by atoms with Crippen LogP contribution in [0, 0.1) is 6.92 Å². The van der Waals surface area contributed by atoms with E-state index in [9.17, 15) is 5.11 Å². The molecule has 0 spiro atoms. The molecule has 0 radical (unpaired) electrons. The van der Waals surface area contributed by atoms with Crippen molar-refractivity contribution in [3.8, 4) is 11.5 Å². The summed E-state index contributed by atoms with van der Waals surface area (Å²) in [5.74, 6) is 1.50. The van der Waals surface area contributed by atoms with Crippen molar-refractivity contribution in [2.75, 3.05) is 13.2 Å². The molecule has 112 valence electrons. The Morgan fingerprint density at radius 1 is 1.10 bits per heavy atom. The highest BCUT2D eigenvalue weighted by atomic mass is 79.9. The lowest BCUT2D eigenvalue weighted by atomic mass is 10.1. The highest BCUT2D eigenvalue weighted by Gasteiger charge is 2.09. The van der Waals surface area contributed by atoms with Gasteiger partial charge in [-0.3, -0.25) is 0 Å². The van der Waals surface area contributed by atoms with E-state index in [2.05, 4.69) is 15.9 Å². The molecule has 0 aromatic heterocycles. The number of aliphatic hydroxyl groups excluding tert-OH is 1. The quantitative estimate of drug-likeness (QED) is 0.790. The first-order valence-electron chi connectivity index (χ1n) is 6.86. The third kappa shape index (κ3) is 4.76. The van der Waals surface area contributed by atoms with Gasteiger partial charge in [0.1, 0.15) is 24.7 Å². The minimum Gasteiger partial charge on any atom is -0.490 e. The Balaban J connectivity index is 1.89. The van der Waals surface area contributed by atoms with Crippen molar-refractivity contribution < 1.29 is 14.6 Å². The van der Waals surface area contributed by atoms with Crippen LogP contribution in [0.5, 0.6) is 11.5 Å². The molecule has 1 N–H and O–H groups in total. The Hall–Kier alpha value is -1.52. The summed E-state index contributed by atoms with van der Waals surface area (Å²) < 4.78 is 12.3. The number of ether oxygens (including phenoxy) is 2. The maximum atomic E-state index is 9.78. The van der Waals surface area contributed by atoms with Gasteiger partial charge in [-0.05, 0) is 44.2 Å². The zero-order valence-electron chi connectivity index (χ0n) is 12.2. The lowest BCUT2D eigenvalue weighted by Gasteiger charge is -2.14. The maximum absolute atomic E-state index is 9.78. The van der Waals surface area contributed by atoms with Crippen molar-refractivity contribution in [1.82, 2.24) is 0 Å². The van der Waals surface area contributed by atoms with Crippen LogP contribution in [0.1, 0.15) is 24.2 Å². The SMILES string of the molecule is Cc1ccc(OCCOc2cccc(Br)c2)c(C(C)O)c1. The summed E-state index contributed by atoms with van der Waals surface area (Å²) in [5.41, 5.74) is 1.90. The van der Waals surface area contributed by atoms with E-state index < -0.39 is 6.10 Å². The van der Waals surface area contributed by atoms with E-state index in [1.807, 2.05) is 49.4 Å². The minimum atomic E-state index is -0.550. The molecule has 2 aromatic rings. The van der Waals surface area contributed by atoms with E-state index in [0.717, 1.165) is 21.3 Å². The van der Waals surface area contributed by atoms with Gasteiger partial charge in [-0.15, -0.1) is 0 Å². The molecule has 21 heavy (non-hydrogen) atoms. The van der Waals surface area contributed by atoms with Crippen molar-refractivity contribution in [2.45, 2.75) is 20.0 Å². The minimum absolute atomic E-state index is 0.426. The molecule has 0 amide bonds. The number of rotatable bonds is 6. The maximum Gasteiger partial charge on any atom is 0.125 e. The van der Waals surface area contributed by atoms with Crippen LogP contribution < -0.4 is 9.47 Å². The first-order valence-corrected chi connectivity index (χ1v) is 7.65. The molecular weight excluding hydrogens is 332 g/mol. The van der Waals surface area contributed by atoms with Gasteiger partial charge in [0.15, 0.2) is 0 Å². The largest absolute Gasteiger partial charge is 0.490 e. The van der Waals surface area contributed by atoms with Crippen molar-refractivity contribution in [3.63, 3.8) is 0 Å². The lowest BCUT2D eigenvalue weighted by molar-refractivity contribution is 0.182. The number of hydrogen-bond donors (Lipinski definition) is 1. The summed E-state index contributed by atoms with van der Waals surface area (Å²) >= 11 is 3.40. The van der Waals surface area contributed by atoms with Gasteiger partial charge in [0.05, 0.1) is 6.10 Å².